The topological polar surface area (TPSA) is 88.4 Å². The summed E-state index contributed by atoms with van der Waals surface area (Å²) in [5.41, 5.74) is 0.899. The lowest BCUT2D eigenvalue weighted by atomic mass is 9.82. The molecule has 6 nitrogen and oxygen atoms in total. The Balaban J connectivity index is 1.64. The summed E-state index contributed by atoms with van der Waals surface area (Å²) in [5.74, 6) is -1.07. The molecule has 0 heterocycles. The highest BCUT2D eigenvalue weighted by atomic mass is 16.5. The number of carbonyl (C=O) groups is 2. The highest BCUT2D eigenvalue weighted by Crippen LogP contribution is 2.28. The predicted molar refractivity (Wildman–Crippen MR) is 115 cm³/mol. The van der Waals surface area contributed by atoms with Crippen LogP contribution in [0.4, 0.5) is 0 Å². The molecule has 0 bridgehead atoms. The summed E-state index contributed by atoms with van der Waals surface area (Å²) in [4.78, 5) is 25.3. The number of ether oxygens (including phenoxy) is 2. The molecule has 3 rings (SSSR count). The van der Waals surface area contributed by atoms with Crippen molar-refractivity contribution in [3.05, 3.63) is 71.8 Å². The van der Waals surface area contributed by atoms with E-state index in [9.17, 15) is 14.9 Å². The molecule has 1 aliphatic rings. The highest BCUT2D eigenvalue weighted by Gasteiger charge is 2.37. The van der Waals surface area contributed by atoms with Crippen molar-refractivity contribution in [2.45, 2.75) is 63.3 Å². The summed E-state index contributed by atoms with van der Waals surface area (Å²) in [5, 5.41) is 12.9. The summed E-state index contributed by atoms with van der Waals surface area (Å²) in [6, 6.07) is 20.1. The zero-order chi connectivity index (χ0) is 21.9. The van der Waals surface area contributed by atoms with Crippen LogP contribution in [-0.4, -0.2) is 23.5 Å². The third kappa shape index (κ3) is 6.94. The normalized spacial score (nSPS) is 16.0. The van der Waals surface area contributed by atoms with Gasteiger partial charge in [0, 0.05) is 0 Å². The number of hydrogen-bond acceptors (Lipinski definition) is 6. The molecule has 2 aromatic carbocycles. The molecule has 1 atom stereocenters. The number of esters is 2. The van der Waals surface area contributed by atoms with E-state index in [0.717, 1.165) is 30.4 Å². The van der Waals surface area contributed by atoms with E-state index in [4.69, 9.17) is 9.47 Å². The number of nitrogens with one attached hydrogen (secondary N) is 1. The second kappa shape index (κ2) is 11.3. The fourth-order valence-corrected chi connectivity index (χ4v) is 3.76. The summed E-state index contributed by atoms with van der Waals surface area (Å²) in [6.45, 7) is 0.241. The van der Waals surface area contributed by atoms with Gasteiger partial charge in [0.1, 0.15) is 24.8 Å². The zero-order valence-corrected chi connectivity index (χ0v) is 17.6. The van der Waals surface area contributed by atoms with Crippen molar-refractivity contribution in [1.29, 1.82) is 5.26 Å². The average molecular weight is 421 g/mol. The number of nitrogens with zero attached hydrogens (tertiary/aromatic N) is 1. The van der Waals surface area contributed by atoms with Crippen molar-refractivity contribution in [3.63, 3.8) is 0 Å². The van der Waals surface area contributed by atoms with Gasteiger partial charge in [-0.2, -0.15) is 5.26 Å². The van der Waals surface area contributed by atoms with Crippen LogP contribution in [0.3, 0.4) is 0 Å². The smallest absolute Gasteiger partial charge is 0.324 e. The van der Waals surface area contributed by atoms with Gasteiger partial charge in [-0.25, -0.2) is 0 Å². The van der Waals surface area contributed by atoms with E-state index in [2.05, 4.69) is 11.4 Å². The van der Waals surface area contributed by atoms with E-state index >= 15 is 0 Å². The number of nitriles is 1. The maximum Gasteiger partial charge on any atom is 0.324 e. The summed E-state index contributed by atoms with van der Waals surface area (Å²) >= 11 is 0. The van der Waals surface area contributed by atoms with Crippen molar-refractivity contribution < 1.29 is 19.1 Å². The van der Waals surface area contributed by atoms with Gasteiger partial charge in [-0.15, -0.1) is 0 Å². The van der Waals surface area contributed by atoms with E-state index in [-0.39, 0.29) is 19.6 Å². The van der Waals surface area contributed by atoms with Crippen LogP contribution in [0.15, 0.2) is 60.7 Å². The third-order valence-corrected chi connectivity index (χ3v) is 5.49. The summed E-state index contributed by atoms with van der Waals surface area (Å²) in [6.07, 6.45) is 3.98. The minimum absolute atomic E-state index is 0.108. The molecule has 0 aromatic heterocycles. The van der Waals surface area contributed by atoms with Crippen LogP contribution in [-0.2, 0) is 32.3 Å². The minimum atomic E-state index is -0.940. The first kappa shape index (κ1) is 22.5. The average Bonchev–Trinajstić information content (AvgIpc) is 2.82. The van der Waals surface area contributed by atoms with Gasteiger partial charge < -0.3 is 9.47 Å². The Morgan fingerprint density at radius 3 is 2.00 bits per heavy atom. The van der Waals surface area contributed by atoms with E-state index in [1.54, 1.807) is 0 Å². The van der Waals surface area contributed by atoms with Crippen LogP contribution in [0.2, 0.25) is 0 Å². The molecule has 0 radical (unpaired) electrons. The van der Waals surface area contributed by atoms with Crippen molar-refractivity contribution in [2.75, 3.05) is 0 Å². The fourth-order valence-electron chi connectivity index (χ4n) is 3.76. The first-order valence-electron chi connectivity index (χ1n) is 10.7. The summed E-state index contributed by atoms with van der Waals surface area (Å²) < 4.78 is 10.8. The quantitative estimate of drug-likeness (QED) is 0.616. The first-order chi connectivity index (χ1) is 15.1. The molecule has 31 heavy (non-hydrogen) atoms. The van der Waals surface area contributed by atoms with Crippen LogP contribution >= 0.6 is 0 Å². The van der Waals surface area contributed by atoms with Gasteiger partial charge in [0.05, 0.1) is 12.5 Å². The number of carbonyl (C=O) groups excluding carboxylic acids is 2. The lowest BCUT2D eigenvalue weighted by Gasteiger charge is -2.34. The number of rotatable bonds is 9. The predicted octanol–water partition coefficient (Wildman–Crippen LogP) is 4.05. The third-order valence-electron chi connectivity index (χ3n) is 5.49. The van der Waals surface area contributed by atoms with E-state index < -0.39 is 23.5 Å². The lowest BCUT2D eigenvalue weighted by Crippen LogP contribution is -2.54. The highest BCUT2D eigenvalue weighted by molar-refractivity contribution is 5.83. The van der Waals surface area contributed by atoms with Gasteiger partial charge >= 0.3 is 11.9 Å². The first-order valence-corrected chi connectivity index (χ1v) is 10.7. The van der Waals surface area contributed by atoms with E-state index in [1.807, 2.05) is 60.7 Å². The van der Waals surface area contributed by atoms with Crippen molar-refractivity contribution >= 4 is 11.9 Å². The molecular weight excluding hydrogens is 392 g/mol. The second-order valence-corrected chi connectivity index (χ2v) is 7.90. The van der Waals surface area contributed by atoms with Gasteiger partial charge in [-0.1, -0.05) is 79.9 Å². The molecule has 1 N–H and O–H groups in total. The molecule has 1 fully saturated rings. The zero-order valence-electron chi connectivity index (χ0n) is 17.6. The van der Waals surface area contributed by atoms with Crippen LogP contribution in [0.25, 0.3) is 0 Å². The SMILES string of the molecule is N#CC1(N[C@@H](CC(=O)OCc2ccccc2)C(=O)OCc2ccccc2)CCCCC1. The fraction of sp³-hybridized carbons (Fsp3) is 0.400. The Hall–Kier alpha value is -3.17. The number of benzene rings is 2. The van der Waals surface area contributed by atoms with Gasteiger partial charge in [0.15, 0.2) is 0 Å². The maximum absolute atomic E-state index is 12.9. The van der Waals surface area contributed by atoms with Crippen LogP contribution in [0, 0.1) is 11.3 Å². The van der Waals surface area contributed by atoms with Gasteiger partial charge in [-0.3, -0.25) is 14.9 Å². The van der Waals surface area contributed by atoms with Gasteiger partial charge in [0.25, 0.3) is 0 Å². The molecule has 162 valence electrons. The Bertz CT molecular complexity index is 887. The standard InChI is InChI=1S/C25H28N2O4/c26-19-25(14-8-3-9-15-25)27-22(24(29)31-18-21-12-6-2-7-13-21)16-23(28)30-17-20-10-4-1-5-11-20/h1-2,4-7,10-13,22,27H,3,8-9,14-18H2/t22-/m0/s1. The minimum Gasteiger partial charge on any atom is -0.461 e. The van der Waals surface area contributed by atoms with Crippen molar-refractivity contribution in [2.24, 2.45) is 0 Å². The largest absolute Gasteiger partial charge is 0.461 e. The Kier molecular flexibility index (Phi) is 8.19. The Labute approximate surface area is 183 Å². The van der Waals surface area contributed by atoms with Crippen LogP contribution in [0.5, 0.6) is 0 Å². The van der Waals surface area contributed by atoms with E-state index in [1.165, 1.54) is 0 Å². The van der Waals surface area contributed by atoms with Crippen molar-refractivity contribution in [3.8, 4) is 6.07 Å². The van der Waals surface area contributed by atoms with Gasteiger partial charge in [-0.05, 0) is 24.0 Å². The Morgan fingerprint density at radius 2 is 1.45 bits per heavy atom. The molecular formula is C25H28N2O4. The van der Waals surface area contributed by atoms with E-state index in [0.29, 0.717) is 12.8 Å². The second-order valence-electron chi connectivity index (χ2n) is 7.90. The molecule has 6 heteroatoms. The molecule has 0 saturated heterocycles. The number of hydrogen-bond donors (Lipinski definition) is 1. The monoisotopic (exact) mass is 420 g/mol. The lowest BCUT2D eigenvalue weighted by molar-refractivity contribution is -0.154. The molecule has 0 amide bonds. The molecule has 0 aliphatic heterocycles. The van der Waals surface area contributed by atoms with Crippen LogP contribution in [0.1, 0.15) is 49.7 Å². The molecule has 0 spiro atoms. The molecule has 1 saturated carbocycles. The maximum atomic E-state index is 12.9. The summed E-state index contributed by atoms with van der Waals surface area (Å²) in [7, 11) is 0. The Morgan fingerprint density at radius 1 is 0.903 bits per heavy atom. The molecule has 0 unspecified atom stereocenters. The molecule has 1 aliphatic carbocycles. The molecule has 2 aromatic rings. The van der Waals surface area contributed by atoms with Crippen LogP contribution < -0.4 is 5.32 Å². The van der Waals surface area contributed by atoms with Gasteiger partial charge in [0.2, 0.25) is 0 Å². The van der Waals surface area contributed by atoms with Crippen molar-refractivity contribution in [1.82, 2.24) is 5.32 Å².